The number of unbranched alkanes of at least 4 members (excludes halogenated alkanes) is 3. The SMILES string of the molecule is CC(=O)NC1C(OCCCCCCNC(=O)CC(=O)NCOC(C)C)OC(CNC(=O)CCN)C(O)C1O. The Morgan fingerprint density at radius 2 is 1.63 bits per heavy atom. The van der Waals surface area contributed by atoms with Gasteiger partial charge in [-0.15, -0.1) is 0 Å². The summed E-state index contributed by atoms with van der Waals surface area (Å²) >= 11 is 0. The van der Waals surface area contributed by atoms with Gasteiger partial charge in [0.25, 0.3) is 0 Å². The summed E-state index contributed by atoms with van der Waals surface area (Å²) in [5.74, 6) is -1.49. The van der Waals surface area contributed by atoms with Crippen LogP contribution in [0.2, 0.25) is 0 Å². The predicted octanol–water partition coefficient (Wildman–Crippen LogP) is -2.02. The number of aliphatic hydroxyl groups is 2. The molecule has 0 aromatic rings. The van der Waals surface area contributed by atoms with Crippen LogP contribution in [-0.4, -0.2) is 104 Å². The van der Waals surface area contributed by atoms with Gasteiger partial charge in [0.1, 0.15) is 37.5 Å². The summed E-state index contributed by atoms with van der Waals surface area (Å²) < 4.78 is 16.7. The fourth-order valence-corrected chi connectivity index (χ4v) is 3.63. The molecule has 1 aliphatic rings. The standard InChI is InChI=1S/C24H45N5O9/c1-15(2)37-14-28-20(33)12-19(32)26-10-6-4-5-7-11-36-24-21(29-16(3)30)23(35)22(34)17(38-24)13-27-18(31)8-9-25/h15,17,21-24,34-35H,4-14,25H2,1-3H3,(H,26,32)(H,27,31)(H,28,33)(H,29,30). The molecule has 5 unspecified atom stereocenters. The normalized spacial score (nSPS) is 23.1. The Hall–Kier alpha value is -2.36. The molecule has 1 rings (SSSR count). The van der Waals surface area contributed by atoms with Crippen molar-refractivity contribution in [2.75, 3.05) is 33.0 Å². The van der Waals surface area contributed by atoms with E-state index in [-0.39, 0.29) is 57.2 Å². The van der Waals surface area contributed by atoms with Crippen LogP contribution in [0.3, 0.4) is 0 Å². The topological polar surface area (TPSA) is 211 Å². The van der Waals surface area contributed by atoms with Crippen LogP contribution in [0.4, 0.5) is 0 Å². The summed E-state index contributed by atoms with van der Waals surface area (Å²) in [4.78, 5) is 46.8. The van der Waals surface area contributed by atoms with Gasteiger partial charge in [0, 0.05) is 39.6 Å². The van der Waals surface area contributed by atoms with Crippen LogP contribution < -0.4 is 27.0 Å². The van der Waals surface area contributed by atoms with Crippen LogP contribution in [-0.2, 0) is 33.4 Å². The molecule has 1 fully saturated rings. The minimum absolute atomic E-state index is 0.0134. The molecule has 5 atom stereocenters. The number of ether oxygens (including phenoxy) is 3. The molecule has 14 heteroatoms. The number of carbonyl (C=O) groups excluding carboxylic acids is 4. The van der Waals surface area contributed by atoms with Crippen LogP contribution in [0.15, 0.2) is 0 Å². The number of rotatable bonds is 18. The van der Waals surface area contributed by atoms with Gasteiger partial charge in [-0.2, -0.15) is 0 Å². The fraction of sp³-hybridized carbons (Fsp3) is 0.833. The van der Waals surface area contributed by atoms with E-state index in [9.17, 15) is 29.4 Å². The third-order valence-electron chi connectivity index (χ3n) is 5.63. The second-order valence-electron chi connectivity index (χ2n) is 9.36. The first-order chi connectivity index (χ1) is 18.0. The van der Waals surface area contributed by atoms with E-state index >= 15 is 0 Å². The number of nitrogens with two attached hydrogens (primary N) is 1. The van der Waals surface area contributed by atoms with E-state index in [2.05, 4.69) is 21.3 Å². The van der Waals surface area contributed by atoms with Gasteiger partial charge in [-0.25, -0.2) is 0 Å². The van der Waals surface area contributed by atoms with E-state index < -0.39 is 42.5 Å². The van der Waals surface area contributed by atoms with Crippen molar-refractivity contribution < 1.29 is 43.6 Å². The summed E-state index contributed by atoms with van der Waals surface area (Å²) in [5, 5.41) is 31.3. The number of hydrogen-bond acceptors (Lipinski definition) is 10. The summed E-state index contributed by atoms with van der Waals surface area (Å²) in [6.07, 6.45) is -1.87. The summed E-state index contributed by atoms with van der Waals surface area (Å²) in [6, 6.07) is -0.983. The Kier molecular flexibility index (Phi) is 16.7. The van der Waals surface area contributed by atoms with E-state index in [0.717, 1.165) is 12.8 Å². The largest absolute Gasteiger partial charge is 0.388 e. The van der Waals surface area contributed by atoms with Crippen molar-refractivity contribution in [3.05, 3.63) is 0 Å². The maximum atomic E-state index is 11.8. The lowest BCUT2D eigenvalue weighted by atomic mass is 9.96. The monoisotopic (exact) mass is 547 g/mol. The Bertz CT molecular complexity index is 740. The highest BCUT2D eigenvalue weighted by Crippen LogP contribution is 2.22. The van der Waals surface area contributed by atoms with E-state index in [0.29, 0.717) is 19.4 Å². The predicted molar refractivity (Wildman–Crippen MR) is 136 cm³/mol. The van der Waals surface area contributed by atoms with Gasteiger partial charge < -0.3 is 51.4 Å². The third-order valence-corrected chi connectivity index (χ3v) is 5.63. The average Bonchev–Trinajstić information content (AvgIpc) is 2.83. The molecule has 1 aliphatic heterocycles. The Morgan fingerprint density at radius 3 is 2.29 bits per heavy atom. The second-order valence-corrected chi connectivity index (χ2v) is 9.36. The molecule has 220 valence electrons. The molecule has 0 spiro atoms. The van der Waals surface area contributed by atoms with E-state index in [4.69, 9.17) is 19.9 Å². The van der Waals surface area contributed by atoms with Crippen LogP contribution in [0.1, 0.15) is 59.3 Å². The number of amides is 4. The molecule has 0 bridgehead atoms. The van der Waals surface area contributed by atoms with Crippen molar-refractivity contribution in [2.24, 2.45) is 5.73 Å². The Labute approximate surface area is 223 Å². The van der Waals surface area contributed by atoms with Crippen LogP contribution in [0.25, 0.3) is 0 Å². The van der Waals surface area contributed by atoms with Gasteiger partial charge in [-0.05, 0) is 26.7 Å². The first-order valence-corrected chi connectivity index (χ1v) is 13.1. The minimum atomic E-state index is -1.36. The maximum absolute atomic E-state index is 11.8. The molecular weight excluding hydrogens is 502 g/mol. The van der Waals surface area contributed by atoms with Crippen molar-refractivity contribution in [3.63, 3.8) is 0 Å². The summed E-state index contributed by atoms with van der Waals surface area (Å²) in [7, 11) is 0. The molecule has 0 aromatic heterocycles. The second kappa shape index (κ2) is 18.8. The average molecular weight is 548 g/mol. The number of carbonyl (C=O) groups is 4. The molecule has 0 aliphatic carbocycles. The smallest absolute Gasteiger partial charge is 0.231 e. The molecule has 1 heterocycles. The molecule has 8 N–H and O–H groups in total. The van der Waals surface area contributed by atoms with Crippen molar-refractivity contribution in [1.29, 1.82) is 0 Å². The molecule has 1 saturated heterocycles. The molecule has 38 heavy (non-hydrogen) atoms. The van der Waals surface area contributed by atoms with Crippen molar-refractivity contribution >= 4 is 23.6 Å². The lowest BCUT2D eigenvalue weighted by Gasteiger charge is -2.42. The lowest BCUT2D eigenvalue weighted by molar-refractivity contribution is -0.263. The van der Waals surface area contributed by atoms with Gasteiger partial charge in [-0.1, -0.05) is 12.8 Å². The van der Waals surface area contributed by atoms with Crippen molar-refractivity contribution in [3.8, 4) is 0 Å². The zero-order chi connectivity index (χ0) is 28.5. The van der Waals surface area contributed by atoms with Gasteiger partial charge in [-0.3, -0.25) is 19.2 Å². The molecule has 14 nitrogen and oxygen atoms in total. The Balaban J connectivity index is 2.33. The summed E-state index contributed by atoms with van der Waals surface area (Å²) in [5.41, 5.74) is 5.35. The minimum Gasteiger partial charge on any atom is -0.388 e. The zero-order valence-electron chi connectivity index (χ0n) is 22.6. The molecule has 4 amide bonds. The maximum Gasteiger partial charge on any atom is 0.231 e. The first kappa shape index (κ1) is 33.7. The van der Waals surface area contributed by atoms with E-state index in [1.807, 2.05) is 13.8 Å². The highest BCUT2D eigenvalue weighted by Gasteiger charge is 2.45. The quantitative estimate of drug-likeness (QED) is 0.0569. The van der Waals surface area contributed by atoms with E-state index in [1.165, 1.54) is 6.92 Å². The zero-order valence-corrected chi connectivity index (χ0v) is 22.6. The van der Waals surface area contributed by atoms with Crippen molar-refractivity contribution in [1.82, 2.24) is 21.3 Å². The number of hydrogen-bond donors (Lipinski definition) is 7. The molecule has 0 aromatic carbocycles. The molecular formula is C24H45N5O9. The number of nitrogens with one attached hydrogen (secondary N) is 4. The van der Waals surface area contributed by atoms with Gasteiger partial charge in [0.15, 0.2) is 6.29 Å². The fourth-order valence-electron chi connectivity index (χ4n) is 3.63. The molecule has 0 saturated carbocycles. The van der Waals surface area contributed by atoms with Crippen LogP contribution in [0, 0.1) is 0 Å². The molecule has 0 radical (unpaired) electrons. The lowest BCUT2D eigenvalue weighted by Crippen LogP contribution is -2.65. The number of aliphatic hydroxyl groups excluding tert-OH is 2. The summed E-state index contributed by atoms with van der Waals surface area (Å²) in [6.45, 7) is 5.86. The third kappa shape index (κ3) is 14.0. The Morgan fingerprint density at radius 1 is 0.947 bits per heavy atom. The highest BCUT2D eigenvalue weighted by atomic mass is 16.7. The van der Waals surface area contributed by atoms with E-state index in [1.54, 1.807) is 0 Å². The van der Waals surface area contributed by atoms with Crippen LogP contribution >= 0.6 is 0 Å². The highest BCUT2D eigenvalue weighted by molar-refractivity contribution is 5.96. The van der Waals surface area contributed by atoms with Gasteiger partial charge in [0.05, 0.1) is 6.10 Å². The van der Waals surface area contributed by atoms with Gasteiger partial charge in [0.2, 0.25) is 23.6 Å². The first-order valence-electron chi connectivity index (χ1n) is 13.1. The van der Waals surface area contributed by atoms with Gasteiger partial charge >= 0.3 is 0 Å². The van der Waals surface area contributed by atoms with Crippen LogP contribution in [0.5, 0.6) is 0 Å². The van der Waals surface area contributed by atoms with Crippen molar-refractivity contribution in [2.45, 2.75) is 96.0 Å².